The van der Waals surface area contributed by atoms with E-state index in [9.17, 15) is 0 Å². The van der Waals surface area contributed by atoms with Crippen LogP contribution in [0.1, 0.15) is 13.3 Å². The van der Waals surface area contributed by atoms with Gasteiger partial charge in [-0.25, -0.2) is 4.98 Å². The van der Waals surface area contributed by atoms with Crippen molar-refractivity contribution < 1.29 is 0 Å². The molecule has 3 nitrogen and oxygen atoms in total. The molecule has 20 heavy (non-hydrogen) atoms. The summed E-state index contributed by atoms with van der Waals surface area (Å²) in [5.41, 5.74) is 1.57. The Labute approximate surface area is 132 Å². The van der Waals surface area contributed by atoms with Gasteiger partial charge in [-0.2, -0.15) is 11.8 Å². The van der Waals surface area contributed by atoms with Gasteiger partial charge in [0.1, 0.15) is 5.82 Å². The summed E-state index contributed by atoms with van der Waals surface area (Å²) in [6.45, 7) is 3.25. The summed E-state index contributed by atoms with van der Waals surface area (Å²) in [4.78, 5) is 11.5. The molecule has 1 unspecified atom stereocenters. The standard InChI is InChI=1S/C14H15Cl2N3S/c1-9-2-4-20-5-3-19(9)14-8-17-12-6-10(15)11(16)7-13(12)18-14/h6-9H,2-5H2,1H3. The maximum Gasteiger partial charge on any atom is 0.148 e. The van der Waals surface area contributed by atoms with Crippen LogP contribution in [0, 0.1) is 0 Å². The number of thioether (sulfide) groups is 1. The molecule has 0 aliphatic carbocycles. The second kappa shape index (κ2) is 5.96. The number of hydrogen-bond acceptors (Lipinski definition) is 4. The van der Waals surface area contributed by atoms with Crippen LogP contribution in [0.15, 0.2) is 18.3 Å². The second-order valence-corrected chi connectivity index (χ2v) is 6.97. The Morgan fingerprint density at radius 1 is 1.20 bits per heavy atom. The largest absolute Gasteiger partial charge is 0.352 e. The van der Waals surface area contributed by atoms with Crippen LogP contribution in [0.5, 0.6) is 0 Å². The third kappa shape index (κ3) is 2.83. The highest BCUT2D eigenvalue weighted by atomic mass is 35.5. The minimum Gasteiger partial charge on any atom is -0.352 e. The molecule has 6 heteroatoms. The fourth-order valence-electron chi connectivity index (χ4n) is 2.37. The van der Waals surface area contributed by atoms with Crippen LogP contribution in [-0.2, 0) is 0 Å². The summed E-state index contributed by atoms with van der Waals surface area (Å²) >= 11 is 14.1. The molecule has 0 N–H and O–H groups in total. The predicted molar refractivity (Wildman–Crippen MR) is 88.3 cm³/mol. The Bertz CT molecular complexity index is 635. The molecule has 1 saturated heterocycles. The van der Waals surface area contributed by atoms with Crippen molar-refractivity contribution in [2.45, 2.75) is 19.4 Å². The van der Waals surface area contributed by atoms with E-state index in [1.807, 2.05) is 18.0 Å². The maximum atomic E-state index is 6.06. The summed E-state index contributed by atoms with van der Waals surface area (Å²) in [5.74, 6) is 3.26. The monoisotopic (exact) mass is 327 g/mol. The molecule has 1 atom stereocenters. The second-order valence-electron chi connectivity index (χ2n) is 4.93. The first-order chi connectivity index (χ1) is 9.65. The molecule has 3 rings (SSSR count). The number of anilines is 1. The Balaban J connectivity index is 2.01. The van der Waals surface area contributed by atoms with Crippen LogP contribution >= 0.6 is 35.0 Å². The van der Waals surface area contributed by atoms with E-state index in [2.05, 4.69) is 16.8 Å². The molecule has 1 aliphatic heterocycles. The minimum absolute atomic E-state index is 0.486. The Morgan fingerprint density at radius 3 is 2.75 bits per heavy atom. The van der Waals surface area contributed by atoms with E-state index in [4.69, 9.17) is 28.2 Å². The number of fused-ring (bicyclic) bond motifs is 1. The fraction of sp³-hybridized carbons (Fsp3) is 0.429. The summed E-state index contributed by atoms with van der Waals surface area (Å²) in [5, 5.41) is 1.03. The van der Waals surface area contributed by atoms with Crippen molar-refractivity contribution in [3.05, 3.63) is 28.4 Å². The third-order valence-electron chi connectivity index (χ3n) is 3.55. The van der Waals surface area contributed by atoms with Crippen LogP contribution in [0.2, 0.25) is 10.0 Å². The van der Waals surface area contributed by atoms with E-state index >= 15 is 0 Å². The average Bonchev–Trinajstić information content (AvgIpc) is 2.64. The minimum atomic E-state index is 0.486. The van der Waals surface area contributed by atoms with Crippen LogP contribution in [0.25, 0.3) is 11.0 Å². The van der Waals surface area contributed by atoms with Crippen molar-refractivity contribution in [3.63, 3.8) is 0 Å². The lowest BCUT2D eigenvalue weighted by Gasteiger charge is -2.27. The molecular weight excluding hydrogens is 313 g/mol. The van der Waals surface area contributed by atoms with Crippen molar-refractivity contribution in [3.8, 4) is 0 Å². The molecule has 0 spiro atoms. The first kappa shape index (κ1) is 14.2. The lowest BCUT2D eigenvalue weighted by molar-refractivity contribution is 0.638. The summed E-state index contributed by atoms with van der Waals surface area (Å²) < 4.78 is 0. The first-order valence-electron chi connectivity index (χ1n) is 6.61. The Hall–Kier alpha value is -0.710. The highest BCUT2D eigenvalue weighted by molar-refractivity contribution is 7.99. The van der Waals surface area contributed by atoms with Gasteiger partial charge in [-0.15, -0.1) is 0 Å². The van der Waals surface area contributed by atoms with Gasteiger partial charge in [0, 0.05) is 18.3 Å². The first-order valence-corrected chi connectivity index (χ1v) is 8.52. The molecule has 2 heterocycles. The van der Waals surface area contributed by atoms with Crippen LogP contribution in [0.4, 0.5) is 5.82 Å². The number of nitrogens with zero attached hydrogens (tertiary/aromatic N) is 3. The van der Waals surface area contributed by atoms with E-state index in [-0.39, 0.29) is 0 Å². The quantitative estimate of drug-likeness (QED) is 0.782. The Kier molecular flexibility index (Phi) is 4.24. The van der Waals surface area contributed by atoms with E-state index in [0.717, 1.165) is 29.1 Å². The van der Waals surface area contributed by atoms with E-state index < -0.39 is 0 Å². The molecule has 0 saturated carbocycles. The normalized spacial score (nSPS) is 20.1. The topological polar surface area (TPSA) is 29.0 Å². The highest BCUT2D eigenvalue weighted by Gasteiger charge is 2.19. The number of rotatable bonds is 1. The predicted octanol–water partition coefficient (Wildman–Crippen LogP) is 4.27. The van der Waals surface area contributed by atoms with Crippen LogP contribution in [0.3, 0.4) is 0 Å². The molecular formula is C14H15Cl2N3S. The summed E-state index contributed by atoms with van der Waals surface area (Å²) in [6.07, 6.45) is 3.00. The number of aromatic nitrogens is 2. The van der Waals surface area contributed by atoms with Gasteiger partial charge >= 0.3 is 0 Å². The number of halogens is 2. The molecule has 0 bridgehead atoms. The highest BCUT2D eigenvalue weighted by Crippen LogP contribution is 2.28. The SMILES string of the molecule is CC1CCSCCN1c1cnc2cc(Cl)c(Cl)cc2n1. The summed E-state index contributed by atoms with van der Waals surface area (Å²) in [6, 6.07) is 4.03. The van der Waals surface area contributed by atoms with Crippen molar-refractivity contribution in [2.24, 2.45) is 0 Å². The molecule has 1 aromatic heterocycles. The van der Waals surface area contributed by atoms with Crippen molar-refractivity contribution in [1.29, 1.82) is 0 Å². The average molecular weight is 328 g/mol. The summed E-state index contributed by atoms with van der Waals surface area (Å²) in [7, 11) is 0. The molecule has 1 fully saturated rings. The van der Waals surface area contributed by atoms with Crippen LogP contribution < -0.4 is 4.90 Å². The van der Waals surface area contributed by atoms with Crippen LogP contribution in [-0.4, -0.2) is 34.1 Å². The lowest BCUT2D eigenvalue weighted by Crippen LogP contribution is -2.34. The Morgan fingerprint density at radius 2 is 1.95 bits per heavy atom. The van der Waals surface area contributed by atoms with E-state index in [0.29, 0.717) is 16.1 Å². The van der Waals surface area contributed by atoms with Gasteiger partial charge in [0.15, 0.2) is 0 Å². The van der Waals surface area contributed by atoms with Crippen molar-refractivity contribution >= 4 is 51.8 Å². The van der Waals surface area contributed by atoms with E-state index in [1.165, 1.54) is 12.2 Å². The zero-order valence-corrected chi connectivity index (χ0v) is 13.5. The number of benzene rings is 1. The van der Waals surface area contributed by atoms with Gasteiger partial charge in [-0.1, -0.05) is 23.2 Å². The molecule has 0 radical (unpaired) electrons. The zero-order valence-electron chi connectivity index (χ0n) is 11.1. The maximum absolute atomic E-state index is 6.06. The van der Waals surface area contributed by atoms with Crippen molar-refractivity contribution in [1.82, 2.24) is 9.97 Å². The van der Waals surface area contributed by atoms with Crippen molar-refractivity contribution in [2.75, 3.05) is 23.0 Å². The molecule has 1 aliphatic rings. The zero-order chi connectivity index (χ0) is 14.1. The van der Waals surface area contributed by atoms with Gasteiger partial charge < -0.3 is 4.90 Å². The van der Waals surface area contributed by atoms with Gasteiger partial charge in [-0.3, -0.25) is 4.98 Å². The van der Waals surface area contributed by atoms with E-state index in [1.54, 1.807) is 12.1 Å². The number of hydrogen-bond donors (Lipinski definition) is 0. The molecule has 1 aromatic carbocycles. The van der Waals surface area contributed by atoms with Gasteiger partial charge in [0.25, 0.3) is 0 Å². The molecule has 106 valence electrons. The molecule has 2 aromatic rings. The lowest BCUT2D eigenvalue weighted by atomic mass is 10.2. The fourth-order valence-corrected chi connectivity index (χ4v) is 3.73. The van der Waals surface area contributed by atoms with Gasteiger partial charge in [0.2, 0.25) is 0 Å². The third-order valence-corrected chi connectivity index (χ3v) is 5.27. The van der Waals surface area contributed by atoms with Gasteiger partial charge in [0.05, 0.1) is 27.3 Å². The molecule has 0 amide bonds. The van der Waals surface area contributed by atoms with Gasteiger partial charge in [-0.05, 0) is 31.2 Å². The smallest absolute Gasteiger partial charge is 0.148 e.